The van der Waals surface area contributed by atoms with Gasteiger partial charge >= 0.3 is 0 Å². The van der Waals surface area contributed by atoms with Crippen molar-refractivity contribution in [3.8, 4) is 5.75 Å². The van der Waals surface area contributed by atoms with E-state index in [4.69, 9.17) is 10.5 Å². The van der Waals surface area contributed by atoms with Crippen LogP contribution in [0.15, 0.2) is 22.7 Å². The standard InChI is InChI=1S/C16H25BrN2O2/c1-5-13(18)8-12-9-14(6-7-15(12)17)21-10-16(20)19(4)11(2)3/h6-7,9,11,13H,5,8,10,18H2,1-4H3. The van der Waals surface area contributed by atoms with Crippen LogP contribution in [0.25, 0.3) is 0 Å². The molecule has 0 saturated carbocycles. The molecule has 0 heterocycles. The Kier molecular flexibility index (Phi) is 7.18. The monoisotopic (exact) mass is 356 g/mol. The molecule has 1 aromatic rings. The van der Waals surface area contributed by atoms with Crippen LogP contribution in [0.4, 0.5) is 0 Å². The number of likely N-dealkylation sites (N-methyl/N-ethyl adjacent to an activating group) is 1. The van der Waals surface area contributed by atoms with Crippen molar-refractivity contribution < 1.29 is 9.53 Å². The van der Waals surface area contributed by atoms with Crippen LogP contribution in [0, 0.1) is 0 Å². The fourth-order valence-corrected chi connectivity index (χ4v) is 2.17. The molecule has 118 valence electrons. The van der Waals surface area contributed by atoms with Gasteiger partial charge in [-0.1, -0.05) is 22.9 Å². The second-order valence-electron chi connectivity index (χ2n) is 5.51. The van der Waals surface area contributed by atoms with E-state index >= 15 is 0 Å². The lowest BCUT2D eigenvalue weighted by molar-refractivity contribution is -0.133. The number of hydrogen-bond donors (Lipinski definition) is 1. The number of nitrogens with zero attached hydrogens (tertiary/aromatic N) is 1. The van der Waals surface area contributed by atoms with Crippen LogP contribution in [0.5, 0.6) is 5.75 Å². The lowest BCUT2D eigenvalue weighted by Gasteiger charge is -2.21. The van der Waals surface area contributed by atoms with E-state index in [0.29, 0.717) is 5.75 Å². The summed E-state index contributed by atoms with van der Waals surface area (Å²) in [5.41, 5.74) is 7.10. The third-order valence-corrected chi connectivity index (χ3v) is 4.33. The molecule has 1 unspecified atom stereocenters. The van der Waals surface area contributed by atoms with Crippen molar-refractivity contribution in [2.45, 2.75) is 45.7 Å². The van der Waals surface area contributed by atoms with E-state index in [1.165, 1.54) is 0 Å². The van der Waals surface area contributed by atoms with E-state index in [1.54, 1.807) is 11.9 Å². The van der Waals surface area contributed by atoms with Crippen LogP contribution in [-0.2, 0) is 11.2 Å². The lowest BCUT2D eigenvalue weighted by Crippen LogP contribution is -2.36. The molecule has 5 heteroatoms. The molecule has 1 amide bonds. The van der Waals surface area contributed by atoms with Crippen molar-refractivity contribution in [1.82, 2.24) is 4.90 Å². The minimum Gasteiger partial charge on any atom is -0.484 e. The number of halogens is 1. The molecule has 0 radical (unpaired) electrons. The van der Waals surface area contributed by atoms with Gasteiger partial charge in [0.25, 0.3) is 5.91 Å². The average Bonchev–Trinajstić information content (AvgIpc) is 2.46. The highest BCUT2D eigenvalue weighted by Gasteiger charge is 2.13. The largest absolute Gasteiger partial charge is 0.484 e. The van der Waals surface area contributed by atoms with E-state index in [9.17, 15) is 4.79 Å². The van der Waals surface area contributed by atoms with E-state index < -0.39 is 0 Å². The number of carbonyl (C=O) groups excluding carboxylic acids is 1. The van der Waals surface area contributed by atoms with Crippen LogP contribution in [0.3, 0.4) is 0 Å². The highest BCUT2D eigenvalue weighted by molar-refractivity contribution is 9.10. The average molecular weight is 357 g/mol. The Hall–Kier alpha value is -1.07. The zero-order valence-corrected chi connectivity index (χ0v) is 14.8. The second kappa shape index (κ2) is 8.39. The van der Waals surface area contributed by atoms with Crippen LogP contribution in [0.2, 0.25) is 0 Å². The fourth-order valence-electron chi connectivity index (χ4n) is 1.76. The van der Waals surface area contributed by atoms with Crippen molar-refractivity contribution in [2.75, 3.05) is 13.7 Å². The van der Waals surface area contributed by atoms with Gasteiger partial charge in [0.05, 0.1) is 0 Å². The molecule has 21 heavy (non-hydrogen) atoms. The van der Waals surface area contributed by atoms with E-state index in [-0.39, 0.29) is 24.6 Å². The Morgan fingerprint density at radius 3 is 2.67 bits per heavy atom. The van der Waals surface area contributed by atoms with Crippen LogP contribution < -0.4 is 10.5 Å². The van der Waals surface area contributed by atoms with Crippen LogP contribution in [0.1, 0.15) is 32.8 Å². The molecule has 0 spiro atoms. The molecule has 0 aliphatic rings. The first-order valence-corrected chi connectivity index (χ1v) is 8.06. The van der Waals surface area contributed by atoms with Gasteiger partial charge in [-0.2, -0.15) is 0 Å². The Balaban J connectivity index is 2.68. The van der Waals surface area contributed by atoms with Gasteiger partial charge in [-0.3, -0.25) is 4.79 Å². The summed E-state index contributed by atoms with van der Waals surface area (Å²) in [6, 6.07) is 6.04. The predicted octanol–water partition coefficient (Wildman–Crippen LogP) is 2.97. The van der Waals surface area contributed by atoms with Crippen molar-refractivity contribution in [3.05, 3.63) is 28.2 Å². The summed E-state index contributed by atoms with van der Waals surface area (Å²) >= 11 is 3.52. The Morgan fingerprint density at radius 1 is 1.43 bits per heavy atom. The van der Waals surface area contributed by atoms with Gasteiger partial charge in [0.1, 0.15) is 5.75 Å². The molecule has 0 saturated heterocycles. The summed E-state index contributed by atoms with van der Waals surface area (Å²) in [7, 11) is 1.78. The summed E-state index contributed by atoms with van der Waals surface area (Å²) in [5.74, 6) is 0.668. The number of ether oxygens (including phenoxy) is 1. The zero-order valence-electron chi connectivity index (χ0n) is 13.2. The number of benzene rings is 1. The van der Waals surface area contributed by atoms with E-state index in [1.807, 2.05) is 32.0 Å². The first kappa shape index (κ1) is 18.0. The third kappa shape index (κ3) is 5.67. The van der Waals surface area contributed by atoms with Gasteiger partial charge in [-0.05, 0) is 50.5 Å². The van der Waals surface area contributed by atoms with Crippen molar-refractivity contribution in [3.63, 3.8) is 0 Å². The van der Waals surface area contributed by atoms with Gasteiger partial charge in [-0.25, -0.2) is 0 Å². The number of rotatable bonds is 7. The van der Waals surface area contributed by atoms with Crippen LogP contribution >= 0.6 is 15.9 Å². The maximum absolute atomic E-state index is 11.9. The summed E-state index contributed by atoms with van der Waals surface area (Å²) in [6.07, 6.45) is 1.71. The molecule has 0 bridgehead atoms. The van der Waals surface area contributed by atoms with Gasteiger partial charge < -0.3 is 15.4 Å². The number of carbonyl (C=O) groups is 1. The topological polar surface area (TPSA) is 55.6 Å². The Bertz CT molecular complexity index is 477. The van der Waals surface area contributed by atoms with Crippen LogP contribution in [-0.4, -0.2) is 36.5 Å². The SMILES string of the molecule is CCC(N)Cc1cc(OCC(=O)N(C)C(C)C)ccc1Br. The summed E-state index contributed by atoms with van der Waals surface area (Å²) in [4.78, 5) is 13.6. The highest BCUT2D eigenvalue weighted by Crippen LogP contribution is 2.24. The third-order valence-electron chi connectivity index (χ3n) is 3.55. The maximum Gasteiger partial charge on any atom is 0.260 e. The smallest absolute Gasteiger partial charge is 0.260 e. The summed E-state index contributed by atoms with van der Waals surface area (Å²) in [5, 5.41) is 0. The van der Waals surface area contributed by atoms with E-state index in [0.717, 1.165) is 22.9 Å². The molecule has 0 aromatic heterocycles. The fraction of sp³-hybridized carbons (Fsp3) is 0.562. The second-order valence-corrected chi connectivity index (χ2v) is 6.37. The van der Waals surface area contributed by atoms with Gasteiger partial charge in [-0.15, -0.1) is 0 Å². The molecular formula is C16H25BrN2O2. The van der Waals surface area contributed by atoms with Gasteiger partial charge in [0.2, 0.25) is 0 Å². The molecule has 1 rings (SSSR count). The Morgan fingerprint density at radius 2 is 2.10 bits per heavy atom. The Labute approximate surface area is 135 Å². The minimum absolute atomic E-state index is 0.0280. The molecule has 0 aliphatic heterocycles. The molecule has 0 fully saturated rings. The molecule has 4 nitrogen and oxygen atoms in total. The van der Waals surface area contributed by atoms with Gasteiger partial charge in [0.15, 0.2) is 6.61 Å². The maximum atomic E-state index is 11.9. The molecule has 0 aliphatic carbocycles. The lowest BCUT2D eigenvalue weighted by atomic mass is 10.0. The minimum atomic E-state index is -0.0280. The van der Waals surface area contributed by atoms with E-state index in [2.05, 4.69) is 22.9 Å². The normalized spacial score (nSPS) is 12.3. The number of hydrogen-bond acceptors (Lipinski definition) is 3. The first-order chi connectivity index (χ1) is 9.85. The quantitative estimate of drug-likeness (QED) is 0.816. The van der Waals surface area contributed by atoms with Crippen molar-refractivity contribution in [2.24, 2.45) is 5.73 Å². The van der Waals surface area contributed by atoms with Crippen molar-refractivity contribution in [1.29, 1.82) is 0 Å². The predicted molar refractivity (Wildman–Crippen MR) is 89.5 cm³/mol. The molecule has 2 N–H and O–H groups in total. The number of nitrogens with two attached hydrogens (primary N) is 1. The van der Waals surface area contributed by atoms with Gasteiger partial charge in [0, 0.05) is 23.6 Å². The summed E-state index contributed by atoms with van der Waals surface area (Å²) in [6.45, 7) is 6.07. The number of amides is 1. The molecule has 1 atom stereocenters. The molecule has 1 aromatic carbocycles. The highest BCUT2D eigenvalue weighted by atomic mass is 79.9. The zero-order chi connectivity index (χ0) is 16.0. The van der Waals surface area contributed by atoms with Crippen molar-refractivity contribution >= 4 is 21.8 Å². The summed E-state index contributed by atoms with van der Waals surface area (Å²) < 4.78 is 6.62. The first-order valence-electron chi connectivity index (χ1n) is 7.27. The molecular weight excluding hydrogens is 332 g/mol.